The molecule has 1 amide bonds. The van der Waals surface area contributed by atoms with E-state index in [9.17, 15) is 4.79 Å². The molecule has 0 spiro atoms. The summed E-state index contributed by atoms with van der Waals surface area (Å²) in [6, 6.07) is 3.64. The molecule has 2 bridgehead atoms. The number of pyridine rings is 1. The Bertz CT molecular complexity index is 872. The first kappa shape index (κ1) is 23.8. The van der Waals surface area contributed by atoms with E-state index in [1.165, 1.54) is 0 Å². The van der Waals surface area contributed by atoms with Gasteiger partial charge in [0.25, 0.3) is 0 Å². The van der Waals surface area contributed by atoms with E-state index in [-0.39, 0.29) is 24.3 Å². The van der Waals surface area contributed by atoms with Crippen LogP contribution < -0.4 is 5.59 Å². The van der Waals surface area contributed by atoms with Gasteiger partial charge in [-0.25, -0.2) is 9.78 Å². The van der Waals surface area contributed by atoms with Gasteiger partial charge in [-0.2, -0.15) is 0 Å². The predicted octanol–water partition coefficient (Wildman–Crippen LogP) is 4.26. The van der Waals surface area contributed by atoms with Crippen LogP contribution in [-0.4, -0.2) is 58.6 Å². The summed E-state index contributed by atoms with van der Waals surface area (Å²) >= 11 is 6.43. The van der Waals surface area contributed by atoms with E-state index in [4.69, 9.17) is 30.4 Å². The van der Waals surface area contributed by atoms with E-state index in [0.717, 1.165) is 24.8 Å². The lowest BCUT2D eigenvalue weighted by molar-refractivity contribution is -0.123. The number of piperidine rings is 1. The van der Waals surface area contributed by atoms with Gasteiger partial charge in [-0.05, 0) is 85.4 Å². The molecule has 3 aliphatic rings. The molecule has 0 aliphatic carbocycles. The minimum absolute atomic E-state index is 0.0275. The molecular weight excluding hydrogens is 431 g/mol. The summed E-state index contributed by atoms with van der Waals surface area (Å²) in [5.41, 5.74) is -0.0333. The maximum absolute atomic E-state index is 13.1. The standard InChI is InChI=1S/C23H34BClN2O5/c1-21(2,3)30-20(28)27-15-9-8-10-16(27)19(29-13-15)14-11-17(26-18(25)12-14)24-31-22(4,5)23(6,7)32-24/h11-12,15-16,19H,8-10,13H2,1-7H3/t15-,16+,19+/m0/s1. The number of hydrogen-bond acceptors (Lipinski definition) is 6. The van der Waals surface area contributed by atoms with Crippen molar-refractivity contribution in [2.75, 3.05) is 6.61 Å². The third-order valence-electron chi connectivity index (χ3n) is 6.87. The Morgan fingerprint density at radius 1 is 1.19 bits per heavy atom. The van der Waals surface area contributed by atoms with Crippen molar-refractivity contribution in [2.45, 2.75) is 103 Å². The largest absolute Gasteiger partial charge is 0.514 e. The normalized spacial score (nSPS) is 29.2. The molecule has 0 aromatic carbocycles. The summed E-state index contributed by atoms with van der Waals surface area (Å²) < 4.78 is 24.4. The second kappa shape index (κ2) is 8.15. The topological polar surface area (TPSA) is 70.1 Å². The van der Waals surface area contributed by atoms with Gasteiger partial charge in [0.2, 0.25) is 0 Å². The van der Waals surface area contributed by atoms with Crippen LogP contribution in [-0.2, 0) is 18.8 Å². The van der Waals surface area contributed by atoms with Crippen LogP contribution in [0.3, 0.4) is 0 Å². The zero-order valence-corrected chi connectivity index (χ0v) is 20.9. The van der Waals surface area contributed by atoms with Crippen molar-refractivity contribution < 1.29 is 23.6 Å². The first-order valence-corrected chi connectivity index (χ1v) is 11.8. The second-order valence-electron chi connectivity index (χ2n) is 11.0. The number of aromatic nitrogens is 1. The van der Waals surface area contributed by atoms with Crippen LogP contribution >= 0.6 is 11.6 Å². The zero-order valence-electron chi connectivity index (χ0n) is 20.1. The molecule has 1 aromatic heterocycles. The second-order valence-corrected chi connectivity index (χ2v) is 11.4. The Balaban J connectivity index is 1.63. The fourth-order valence-electron chi connectivity index (χ4n) is 4.60. The lowest BCUT2D eigenvalue weighted by atomic mass is 9.81. The molecule has 0 saturated carbocycles. The minimum atomic E-state index is -0.623. The van der Waals surface area contributed by atoms with E-state index < -0.39 is 23.9 Å². The van der Waals surface area contributed by atoms with Crippen molar-refractivity contribution in [3.05, 3.63) is 22.8 Å². The lowest BCUT2D eigenvalue weighted by Gasteiger charge is -2.49. The van der Waals surface area contributed by atoms with Crippen molar-refractivity contribution in [3.8, 4) is 0 Å². The van der Waals surface area contributed by atoms with E-state index in [1.807, 2.05) is 65.5 Å². The number of ether oxygens (including phenoxy) is 2. The number of rotatable bonds is 2. The van der Waals surface area contributed by atoms with Gasteiger partial charge in [-0.15, -0.1) is 0 Å². The van der Waals surface area contributed by atoms with Crippen molar-refractivity contribution in [2.24, 2.45) is 0 Å². The highest BCUT2D eigenvalue weighted by molar-refractivity contribution is 6.61. The molecular formula is C23H34BClN2O5. The lowest BCUT2D eigenvalue weighted by Crippen LogP contribution is -2.59. The third kappa shape index (κ3) is 4.52. The van der Waals surface area contributed by atoms with Crippen LogP contribution in [0.4, 0.5) is 4.79 Å². The van der Waals surface area contributed by atoms with Crippen LogP contribution in [0.2, 0.25) is 5.15 Å². The van der Waals surface area contributed by atoms with E-state index in [0.29, 0.717) is 17.4 Å². The van der Waals surface area contributed by atoms with Crippen molar-refractivity contribution in [1.82, 2.24) is 9.88 Å². The van der Waals surface area contributed by atoms with Gasteiger partial charge in [-0.3, -0.25) is 4.90 Å². The monoisotopic (exact) mass is 464 g/mol. The SMILES string of the molecule is CC(C)(C)OC(=O)N1[C@H]2CCC[C@@H]1[C@@H](c1cc(Cl)nc(B3OC(C)(C)C(C)(C)O3)c1)OC2. The average molecular weight is 465 g/mol. The van der Waals surface area contributed by atoms with Crippen molar-refractivity contribution >= 4 is 30.4 Å². The van der Waals surface area contributed by atoms with E-state index >= 15 is 0 Å². The first-order chi connectivity index (χ1) is 14.8. The molecule has 176 valence electrons. The molecule has 3 atom stereocenters. The van der Waals surface area contributed by atoms with Gasteiger partial charge >= 0.3 is 13.2 Å². The third-order valence-corrected chi connectivity index (χ3v) is 7.06. The highest BCUT2D eigenvalue weighted by Gasteiger charge is 2.53. The summed E-state index contributed by atoms with van der Waals surface area (Å²) in [4.78, 5) is 19.4. The highest BCUT2D eigenvalue weighted by Crippen LogP contribution is 2.40. The van der Waals surface area contributed by atoms with Crippen molar-refractivity contribution in [1.29, 1.82) is 0 Å². The molecule has 3 fully saturated rings. The predicted molar refractivity (Wildman–Crippen MR) is 123 cm³/mol. The fraction of sp³-hybridized carbons (Fsp3) is 0.739. The number of carbonyl (C=O) groups is 1. The number of morpholine rings is 1. The summed E-state index contributed by atoms with van der Waals surface area (Å²) in [6.45, 7) is 14.1. The van der Waals surface area contributed by atoms with Crippen LogP contribution in [0.1, 0.15) is 79.4 Å². The molecule has 7 nitrogen and oxygen atoms in total. The minimum Gasteiger partial charge on any atom is -0.444 e. The molecule has 3 saturated heterocycles. The molecule has 0 radical (unpaired) electrons. The number of amides is 1. The van der Waals surface area contributed by atoms with E-state index in [1.54, 1.807) is 0 Å². The van der Waals surface area contributed by atoms with Gasteiger partial charge in [0.1, 0.15) is 16.9 Å². The number of halogens is 1. The summed E-state index contributed by atoms with van der Waals surface area (Å²) in [6.07, 6.45) is 2.19. The first-order valence-electron chi connectivity index (χ1n) is 11.4. The Kier molecular flexibility index (Phi) is 6.06. The van der Waals surface area contributed by atoms with Crippen LogP contribution in [0, 0.1) is 0 Å². The molecule has 32 heavy (non-hydrogen) atoms. The number of carbonyl (C=O) groups excluding carboxylic acids is 1. The molecule has 3 aliphatic heterocycles. The Labute approximate surface area is 196 Å². The smallest absolute Gasteiger partial charge is 0.444 e. The van der Waals surface area contributed by atoms with Gasteiger partial charge in [0.15, 0.2) is 0 Å². The van der Waals surface area contributed by atoms with Crippen molar-refractivity contribution in [3.63, 3.8) is 0 Å². The van der Waals surface area contributed by atoms with Crippen LogP contribution in [0.25, 0.3) is 0 Å². The summed E-state index contributed by atoms with van der Waals surface area (Å²) in [7, 11) is -0.623. The maximum atomic E-state index is 13.1. The summed E-state index contributed by atoms with van der Waals surface area (Å²) in [5.74, 6) is 0. The quantitative estimate of drug-likeness (QED) is 0.481. The van der Waals surface area contributed by atoms with Gasteiger partial charge in [0.05, 0.1) is 35.5 Å². The number of nitrogens with zero attached hydrogens (tertiary/aromatic N) is 2. The van der Waals surface area contributed by atoms with Crippen LogP contribution in [0.15, 0.2) is 12.1 Å². The summed E-state index contributed by atoms with van der Waals surface area (Å²) in [5, 5.41) is 0.345. The molecule has 4 rings (SSSR count). The molecule has 0 N–H and O–H groups in total. The van der Waals surface area contributed by atoms with Gasteiger partial charge < -0.3 is 18.8 Å². The fourth-order valence-corrected chi connectivity index (χ4v) is 4.83. The highest BCUT2D eigenvalue weighted by atomic mass is 35.5. The molecule has 0 unspecified atom stereocenters. The average Bonchev–Trinajstić information content (AvgIpc) is 2.87. The molecule has 9 heteroatoms. The Morgan fingerprint density at radius 3 is 2.47 bits per heavy atom. The van der Waals surface area contributed by atoms with E-state index in [2.05, 4.69) is 4.98 Å². The van der Waals surface area contributed by atoms with Gasteiger partial charge in [-0.1, -0.05) is 11.6 Å². The zero-order chi connectivity index (χ0) is 23.5. The molecule has 4 heterocycles. The molecule has 1 aromatic rings. The van der Waals surface area contributed by atoms with Gasteiger partial charge in [0, 0.05) is 0 Å². The number of hydrogen-bond donors (Lipinski definition) is 0. The number of fused-ring (bicyclic) bond motifs is 2. The van der Waals surface area contributed by atoms with Crippen LogP contribution in [0.5, 0.6) is 0 Å². The Hall–Kier alpha value is -1.35. The Morgan fingerprint density at radius 2 is 1.84 bits per heavy atom. The maximum Gasteiger partial charge on any atom is 0.514 e.